The van der Waals surface area contributed by atoms with Crippen LogP contribution in [0.4, 0.5) is 10.7 Å². The van der Waals surface area contributed by atoms with Crippen molar-refractivity contribution in [1.82, 2.24) is 14.9 Å². The Labute approximate surface area is 159 Å². The number of allylic oxidation sites excluding steroid dienone is 1. The van der Waals surface area contributed by atoms with Gasteiger partial charge in [-0.1, -0.05) is 0 Å². The Morgan fingerprint density at radius 3 is 2.41 bits per heavy atom. The maximum Gasteiger partial charge on any atom is 0.410 e. The number of rotatable bonds is 4. The Hall–Kier alpha value is -2.77. The number of piperidine rings is 1. The summed E-state index contributed by atoms with van der Waals surface area (Å²) >= 11 is 0. The molecule has 27 heavy (non-hydrogen) atoms. The summed E-state index contributed by atoms with van der Waals surface area (Å²) in [5, 5.41) is 0. The van der Waals surface area contributed by atoms with Crippen LogP contribution in [0, 0.1) is 17.8 Å². The van der Waals surface area contributed by atoms with Crippen molar-refractivity contribution >= 4 is 30.2 Å². The molecule has 2 unspecified atom stereocenters. The number of aromatic nitrogens is 2. The minimum Gasteiger partial charge on any atom is -0.444 e. The summed E-state index contributed by atoms with van der Waals surface area (Å²) in [6.07, 6.45) is 4.91. The van der Waals surface area contributed by atoms with Crippen LogP contribution in [0.25, 0.3) is 5.70 Å². The molecule has 2 atom stereocenters. The molecule has 1 saturated carbocycles. The fourth-order valence-electron chi connectivity index (χ4n) is 3.58. The number of fused-ring (bicyclic) bond motifs is 1. The highest BCUT2D eigenvalue weighted by Crippen LogP contribution is 2.53. The molecule has 1 amide bonds. The van der Waals surface area contributed by atoms with E-state index in [4.69, 9.17) is 10.5 Å². The number of likely N-dealkylation sites (tertiary alicyclic amines) is 1. The molecular formula is C19H26N6O2. The number of nitrogens with zero attached hydrogens (tertiary/aromatic N) is 5. The van der Waals surface area contributed by atoms with Crippen molar-refractivity contribution in [2.45, 2.75) is 26.4 Å². The molecule has 0 aromatic carbocycles. The maximum atomic E-state index is 12.2. The number of amides is 1. The molecule has 1 aliphatic heterocycles. The molecule has 1 aromatic heterocycles. The van der Waals surface area contributed by atoms with Gasteiger partial charge in [-0.2, -0.15) is 0 Å². The number of carbonyl (C=O) groups is 1. The molecule has 1 saturated heterocycles. The number of anilines is 1. The van der Waals surface area contributed by atoms with Gasteiger partial charge in [-0.05, 0) is 45.4 Å². The van der Waals surface area contributed by atoms with E-state index in [2.05, 4.69) is 26.7 Å². The summed E-state index contributed by atoms with van der Waals surface area (Å²) in [4.78, 5) is 30.5. The summed E-state index contributed by atoms with van der Waals surface area (Å²) in [5.41, 5.74) is 7.41. The molecule has 0 radical (unpaired) electrons. The lowest BCUT2D eigenvalue weighted by atomic mass is 10.1. The first kappa shape index (κ1) is 19.0. The van der Waals surface area contributed by atoms with Crippen LogP contribution in [-0.2, 0) is 4.74 Å². The van der Waals surface area contributed by atoms with E-state index in [-0.39, 0.29) is 12.0 Å². The van der Waals surface area contributed by atoms with Gasteiger partial charge >= 0.3 is 6.09 Å². The van der Waals surface area contributed by atoms with Crippen LogP contribution in [0.2, 0.25) is 0 Å². The Bertz CT molecular complexity index is 781. The van der Waals surface area contributed by atoms with Gasteiger partial charge in [0.05, 0.1) is 5.70 Å². The van der Waals surface area contributed by atoms with Crippen molar-refractivity contribution in [1.29, 1.82) is 0 Å². The number of hydrogen-bond donors (Lipinski definition) is 1. The molecule has 2 heterocycles. The Morgan fingerprint density at radius 2 is 1.93 bits per heavy atom. The second-order valence-electron chi connectivity index (χ2n) is 7.90. The third kappa shape index (κ3) is 4.15. The fraction of sp³-hybridized carbons (Fsp3) is 0.526. The predicted octanol–water partition coefficient (Wildman–Crippen LogP) is 2.28. The highest BCUT2D eigenvalue weighted by atomic mass is 16.6. The third-order valence-electron chi connectivity index (χ3n) is 4.87. The molecule has 8 heteroatoms. The second kappa shape index (κ2) is 7.09. The fourth-order valence-corrected chi connectivity index (χ4v) is 3.58. The van der Waals surface area contributed by atoms with Crippen LogP contribution in [0.3, 0.4) is 0 Å². The van der Waals surface area contributed by atoms with E-state index < -0.39 is 5.60 Å². The molecule has 8 nitrogen and oxygen atoms in total. The summed E-state index contributed by atoms with van der Waals surface area (Å²) in [5.74, 6) is 1.34. The van der Waals surface area contributed by atoms with Crippen molar-refractivity contribution in [2.75, 3.05) is 25.9 Å². The Balaban J connectivity index is 1.67. The van der Waals surface area contributed by atoms with E-state index >= 15 is 0 Å². The van der Waals surface area contributed by atoms with Crippen molar-refractivity contribution in [3.8, 4) is 0 Å². The zero-order valence-corrected chi connectivity index (χ0v) is 16.2. The lowest BCUT2D eigenvalue weighted by Gasteiger charge is -2.26. The van der Waals surface area contributed by atoms with Gasteiger partial charge in [-0.3, -0.25) is 9.98 Å². The quantitative estimate of drug-likeness (QED) is 0.819. The van der Waals surface area contributed by atoms with Crippen LogP contribution < -0.4 is 5.73 Å². The minimum atomic E-state index is -0.478. The van der Waals surface area contributed by atoms with Crippen molar-refractivity contribution in [2.24, 2.45) is 27.7 Å². The number of hydrogen-bond acceptors (Lipinski definition) is 7. The largest absolute Gasteiger partial charge is 0.444 e. The van der Waals surface area contributed by atoms with Gasteiger partial charge in [0.2, 0.25) is 5.95 Å². The second-order valence-corrected chi connectivity index (χ2v) is 7.90. The van der Waals surface area contributed by atoms with Gasteiger partial charge < -0.3 is 15.4 Å². The number of nitrogen functional groups attached to an aromatic ring is 1. The molecule has 3 rings (SSSR count). The molecule has 144 valence electrons. The number of nitrogens with two attached hydrogens (primary N) is 1. The van der Waals surface area contributed by atoms with E-state index in [0.29, 0.717) is 36.5 Å². The first-order valence-corrected chi connectivity index (χ1v) is 8.94. The first-order valence-electron chi connectivity index (χ1n) is 8.94. The average molecular weight is 370 g/mol. The van der Waals surface area contributed by atoms with E-state index in [9.17, 15) is 4.79 Å². The topological polar surface area (TPSA) is 106 Å². The van der Waals surface area contributed by atoms with E-state index in [1.807, 2.05) is 26.8 Å². The SMILES string of the molecule is C=N/C(=C\C(=NC)C1C2CN(C(=O)OC(C)(C)C)CC21)c1cnc(N)nc1. The van der Waals surface area contributed by atoms with Gasteiger partial charge in [0.15, 0.2) is 0 Å². The molecule has 2 fully saturated rings. The van der Waals surface area contributed by atoms with Crippen LogP contribution in [0.1, 0.15) is 26.3 Å². The molecule has 1 aliphatic carbocycles. The Kier molecular flexibility index (Phi) is 4.99. The van der Waals surface area contributed by atoms with Gasteiger partial charge in [-0.25, -0.2) is 14.8 Å². The first-order chi connectivity index (χ1) is 12.7. The maximum absolute atomic E-state index is 12.2. The van der Waals surface area contributed by atoms with Gasteiger partial charge in [0.25, 0.3) is 0 Å². The summed E-state index contributed by atoms with van der Waals surface area (Å²) < 4.78 is 5.46. The lowest BCUT2D eigenvalue weighted by molar-refractivity contribution is 0.0270. The number of carbonyl (C=O) groups excluding carboxylic acids is 1. The molecule has 2 aliphatic rings. The van der Waals surface area contributed by atoms with Crippen LogP contribution in [-0.4, -0.2) is 59.1 Å². The van der Waals surface area contributed by atoms with Crippen LogP contribution in [0.15, 0.2) is 28.5 Å². The average Bonchev–Trinajstić information content (AvgIpc) is 3.08. The zero-order valence-electron chi connectivity index (χ0n) is 16.2. The minimum absolute atomic E-state index is 0.213. The number of aliphatic imine (C=N–C) groups is 2. The van der Waals surface area contributed by atoms with Crippen molar-refractivity contribution in [3.05, 3.63) is 24.0 Å². The van der Waals surface area contributed by atoms with Gasteiger partial charge in [-0.15, -0.1) is 0 Å². The smallest absolute Gasteiger partial charge is 0.410 e. The molecule has 0 spiro atoms. The third-order valence-corrected chi connectivity index (χ3v) is 4.87. The van der Waals surface area contributed by atoms with Gasteiger partial charge in [0, 0.05) is 49.7 Å². The lowest BCUT2D eigenvalue weighted by Crippen LogP contribution is -2.37. The summed E-state index contributed by atoms with van der Waals surface area (Å²) in [6.45, 7) is 10.7. The predicted molar refractivity (Wildman–Crippen MR) is 106 cm³/mol. The van der Waals surface area contributed by atoms with Crippen molar-refractivity contribution in [3.63, 3.8) is 0 Å². The van der Waals surface area contributed by atoms with Crippen LogP contribution >= 0.6 is 0 Å². The molecule has 2 N–H and O–H groups in total. The van der Waals surface area contributed by atoms with E-state index in [0.717, 1.165) is 11.3 Å². The highest BCUT2D eigenvalue weighted by Gasteiger charge is 2.58. The van der Waals surface area contributed by atoms with Gasteiger partial charge in [0.1, 0.15) is 5.60 Å². The Morgan fingerprint density at radius 1 is 1.33 bits per heavy atom. The summed E-state index contributed by atoms with van der Waals surface area (Å²) in [6, 6.07) is 0. The standard InChI is InChI=1S/C19H26N6O2/c1-19(2,3)27-18(26)25-9-12-13(10-25)16(12)15(22-5)6-14(21-4)11-7-23-17(20)24-8-11/h6-8,12-13,16H,4,9-10H2,1-3,5H3,(H2,20,23,24)/b14-6-,22-15?. The van der Waals surface area contributed by atoms with E-state index in [1.54, 1.807) is 24.3 Å². The number of ether oxygens (including phenoxy) is 1. The summed E-state index contributed by atoms with van der Waals surface area (Å²) in [7, 11) is 1.77. The van der Waals surface area contributed by atoms with Crippen molar-refractivity contribution < 1.29 is 9.53 Å². The zero-order chi connectivity index (χ0) is 19.8. The normalized spacial score (nSPS) is 25.2. The highest BCUT2D eigenvalue weighted by molar-refractivity contribution is 6.04. The molecule has 0 bridgehead atoms. The monoisotopic (exact) mass is 370 g/mol. The molecule has 1 aromatic rings. The van der Waals surface area contributed by atoms with Crippen LogP contribution in [0.5, 0.6) is 0 Å². The van der Waals surface area contributed by atoms with E-state index in [1.165, 1.54) is 0 Å². The molecular weight excluding hydrogens is 344 g/mol.